The van der Waals surface area contributed by atoms with Gasteiger partial charge in [-0.05, 0) is 37.8 Å². The summed E-state index contributed by atoms with van der Waals surface area (Å²) in [4.78, 5) is 16.1. The summed E-state index contributed by atoms with van der Waals surface area (Å²) in [6.45, 7) is 0. The highest BCUT2D eigenvalue weighted by Gasteiger charge is 2.24. The van der Waals surface area contributed by atoms with Gasteiger partial charge in [0.1, 0.15) is 12.4 Å². The van der Waals surface area contributed by atoms with Gasteiger partial charge in [-0.25, -0.2) is 4.98 Å². The molecule has 21 heavy (non-hydrogen) atoms. The second kappa shape index (κ2) is 6.43. The number of furan rings is 1. The lowest BCUT2D eigenvalue weighted by Crippen LogP contribution is -2.39. The van der Waals surface area contributed by atoms with E-state index in [1.165, 1.54) is 12.5 Å². The highest BCUT2D eigenvalue weighted by Crippen LogP contribution is 2.23. The van der Waals surface area contributed by atoms with Crippen LogP contribution in [0.4, 0.5) is 0 Å². The van der Waals surface area contributed by atoms with Crippen molar-refractivity contribution >= 4 is 5.91 Å². The Hall–Kier alpha value is -2.30. The van der Waals surface area contributed by atoms with E-state index in [1.807, 2.05) is 18.2 Å². The average molecular weight is 286 g/mol. The number of hydrogen-bond donors (Lipinski definition) is 1. The zero-order valence-corrected chi connectivity index (χ0v) is 11.7. The molecule has 0 atom stereocenters. The molecule has 5 heteroatoms. The van der Waals surface area contributed by atoms with E-state index in [2.05, 4.69) is 10.3 Å². The first-order valence-corrected chi connectivity index (χ1v) is 7.22. The molecule has 1 amide bonds. The molecule has 1 N–H and O–H groups in total. The number of aromatic nitrogens is 1. The number of nitrogens with zero attached hydrogens (tertiary/aromatic N) is 1. The van der Waals surface area contributed by atoms with Gasteiger partial charge < -0.3 is 14.5 Å². The summed E-state index contributed by atoms with van der Waals surface area (Å²) in [6, 6.07) is 7.53. The molecule has 0 bridgehead atoms. The molecule has 1 aliphatic carbocycles. The van der Waals surface area contributed by atoms with Crippen molar-refractivity contribution in [2.24, 2.45) is 0 Å². The first kappa shape index (κ1) is 13.7. The maximum absolute atomic E-state index is 11.9. The van der Waals surface area contributed by atoms with Crippen molar-refractivity contribution < 1.29 is 13.9 Å². The van der Waals surface area contributed by atoms with Gasteiger partial charge >= 0.3 is 0 Å². The molecule has 1 fully saturated rings. The summed E-state index contributed by atoms with van der Waals surface area (Å²) >= 11 is 0. The van der Waals surface area contributed by atoms with Crippen LogP contribution in [-0.4, -0.2) is 23.0 Å². The van der Waals surface area contributed by atoms with Crippen LogP contribution in [0.5, 0.6) is 5.88 Å². The molecule has 0 aromatic carbocycles. The molecule has 0 spiro atoms. The van der Waals surface area contributed by atoms with Crippen molar-refractivity contribution in [1.82, 2.24) is 10.3 Å². The Balaban J connectivity index is 1.46. The number of nitrogens with one attached hydrogen (secondary N) is 1. The Kier molecular flexibility index (Phi) is 4.19. The summed E-state index contributed by atoms with van der Waals surface area (Å²) in [5, 5.41) is 3.04. The minimum atomic E-state index is -0.0714. The lowest BCUT2D eigenvalue weighted by molar-refractivity contribution is 0.0889. The van der Waals surface area contributed by atoms with Crippen LogP contribution in [0.2, 0.25) is 0 Å². The fourth-order valence-electron chi connectivity index (χ4n) is 2.57. The fourth-order valence-corrected chi connectivity index (χ4v) is 2.57. The first-order chi connectivity index (χ1) is 10.3. The normalized spacial score (nSPS) is 21.7. The molecule has 5 nitrogen and oxygen atoms in total. The molecule has 0 saturated heterocycles. The largest absolute Gasteiger partial charge is 0.474 e. The maximum Gasteiger partial charge on any atom is 0.254 e. The predicted octanol–water partition coefficient (Wildman–Crippen LogP) is 2.79. The molecule has 1 saturated carbocycles. The molecule has 0 aliphatic heterocycles. The SMILES string of the molecule is O=C(NC1CCC(Oc2ccccn2)CC1)c1ccoc1. The number of hydrogen-bond acceptors (Lipinski definition) is 4. The molecule has 2 heterocycles. The van der Waals surface area contributed by atoms with E-state index in [4.69, 9.17) is 9.15 Å². The standard InChI is InChI=1S/C16H18N2O3/c19-16(12-8-10-20-11-12)18-13-4-6-14(7-5-13)21-15-3-1-2-9-17-15/h1-3,8-11,13-14H,4-7H2,(H,18,19). The maximum atomic E-state index is 11.9. The van der Waals surface area contributed by atoms with E-state index in [0.29, 0.717) is 11.4 Å². The van der Waals surface area contributed by atoms with Gasteiger partial charge in [0.2, 0.25) is 5.88 Å². The highest BCUT2D eigenvalue weighted by molar-refractivity contribution is 5.93. The van der Waals surface area contributed by atoms with E-state index in [0.717, 1.165) is 25.7 Å². The summed E-state index contributed by atoms with van der Waals surface area (Å²) < 4.78 is 10.8. The number of carbonyl (C=O) groups excluding carboxylic acids is 1. The second-order valence-corrected chi connectivity index (χ2v) is 5.24. The number of amides is 1. The van der Waals surface area contributed by atoms with Gasteiger partial charge in [-0.2, -0.15) is 0 Å². The predicted molar refractivity (Wildman–Crippen MR) is 77.1 cm³/mol. The van der Waals surface area contributed by atoms with Crippen molar-refractivity contribution in [1.29, 1.82) is 0 Å². The van der Waals surface area contributed by atoms with Crippen LogP contribution in [-0.2, 0) is 0 Å². The van der Waals surface area contributed by atoms with Crippen molar-refractivity contribution in [3.63, 3.8) is 0 Å². The van der Waals surface area contributed by atoms with Crippen LogP contribution in [0.15, 0.2) is 47.4 Å². The summed E-state index contributed by atoms with van der Waals surface area (Å²) in [5.74, 6) is 0.598. The summed E-state index contributed by atoms with van der Waals surface area (Å²) in [7, 11) is 0. The molecule has 3 rings (SSSR count). The lowest BCUT2D eigenvalue weighted by Gasteiger charge is -2.29. The lowest BCUT2D eigenvalue weighted by atomic mass is 9.93. The Morgan fingerprint density at radius 2 is 2.10 bits per heavy atom. The molecule has 0 unspecified atom stereocenters. The van der Waals surface area contributed by atoms with Crippen LogP contribution in [0.1, 0.15) is 36.0 Å². The number of rotatable bonds is 4. The number of ether oxygens (including phenoxy) is 1. The summed E-state index contributed by atoms with van der Waals surface area (Å²) in [6.07, 6.45) is 8.56. The Bertz CT molecular complexity index is 560. The quantitative estimate of drug-likeness (QED) is 0.938. The van der Waals surface area contributed by atoms with Gasteiger partial charge in [0, 0.05) is 18.3 Å². The van der Waals surface area contributed by atoms with E-state index in [9.17, 15) is 4.79 Å². The summed E-state index contributed by atoms with van der Waals surface area (Å²) in [5.41, 5.74) is 0.571. The van der Waals surface area contributed by atoms with Gasteiger partial charge in [0.15, 0.2) is 0 Å². The van der Waals surface area contributed by atoms with Crippen molar-refractivity contribution in [2.75, 3.05) is 0 Å². The Morgan fingerprint density at radius 3 is 2.76 bits per heavy atom. The van der Waals surface area contributed by atoms with E-state index in [-0.39, 0.29) is 18.1 Å². The monoisotopic (exact) mass is 286 g/mol. The molecule has 0 radical (unpaired) electrons. The number of carbonyl (C=O) groups is 1. The molecule has 1 aliphatic rings. The zero-order valence-electron chi connectivity index (χ0n) is 11.7. The van der Waals surface area contributed by atoms with Gasteiger partial charge in [0.05, 0.1) is 11.8 Å². The third-order valence-corrected chi connectivity index (χ3v) is 3.72. The molecule has 2 aromatic heterocycles. The number of pyridine rings is 1. The van der Waals surface area contributed by atoms with Gasteiger partial charge in [-0.3, -0.25) is 4.79 Å². The van der Waals surface area contributed by atoms with Crippen LogP contribution in [0, 0.1) is 0 Å². The second-order valence-electron chi connectivity index (χ2n) is 5.24. The average Bonchev–Trinajstić information content (AvgIpc) is 3.05. The van der Waals surface area contributed by atoms with Gasteiger partial charge in [0.25, 0.3) is 5.91 Å². The van der Waals surface area contributed by atoms with Crippen molar-refractivity contribution in [3.8, 4) is 5.88 Å². The Labute approximate surface area is 123 Å². The zero-order chi connectivity index (χ0) is 14.5. The molecule has 110 valence electrons. The van der Waals surface area contributed by atoms with E-state index >= 15 is 0 Å². The van der Waals surface area contributed by atoms with Gasteiger partial charge in [-0.15, -0.1) is 0 Å². The van der Waals surface area contributed by atoms with Crippen LogP contribution >= 0.6 is 0 Å². The fraction of sp³-hybridized carbons (Fsp3) is 0.375. The van der Waals surface area contributed by atoms with Crippen molar-refractivity contribution in [2.45, 2.75) is 37.8 Å². The van der Waals surface area contributed by atoms with Gasteiger partial charge in [-0.1, -0.05) is 6.07 Å². The highest BCUT2D eigenvalue weighted by atomic mass is 16.5. The minimum Gasteiger partial charge on any atom is -0.474 e. The third-order valence-electron chi connectivity index (χ3n) is 3.72. The molecule has 2 aromatic rings. The molecular weight excluding hydrogens is 268 g/mol. The van der Waals surface area contributed by atoms with Crippen molar-refractivity contribution in [3.05, 3.63) is 48.6 Å². The topological polar surface area (TPSA) is 64.4 Å². The van der Waals surface area contributed by atoms with Crippen LogP contribution < -0.4 is 10.1 Å². The van der Waals surface area contributed by atoms with Crippen LogP contribution in [0.25, 0.3) is 0 Å². The van der Waals surface area contributed by atoms with E-state index in [1.54, 1.807) is 12.3 Å². The molecular formula is C16H18N2O3. The Morgan fingerprint density at radius 1 is 1.24 bits per heavy atom. The van der Waals surface area contributed by atoms with Crippen LogP contribution in [0.3, 0.4) is 0 Å². The van der Waals surface area contributed by atoms with E-state index < -0.39 is 0 Å². The first-order valence-electron chi connectivity index (χ1n) is 7.22. The smallest absolute Gasteiger partial charge is 0.254 e. The minimum absolute atomic E-state index is 0.0714. The third kappa shape index (κ3) is 3.62.